The lowest BCUT2D eigenvalue weighted by Gasteiger charge is -2.14. The fraction of sp³-hybridized carbons (Fsp3) is 0. The van der Waals surface area contributed by atoms with Crippen LogP contribution in [0, 0.1) is 0 Å². The molecule has 0 aliphatic carbocycles. The highest BCUT2D eigenvalue weighted by Crippen LogP contribution is 2.45. The minimum absolute atomic E-state index is 0.630. The second-order valence-corrected chi connectivity index (χ2v) is 12.8. The van der Waals surface area contributed by atoms with E-state index in [4.69, 9.17) is 19.4 Å². The monoisotopic (exact) mass is 651 g/mol. The van der Waals surface area contributed by atoms with Crippen LogP contribution in [0.1, 0.15) is 0 Å². The molecule has 2 heterocycles. The molecular formula is C47H29N3O. The predicted molar refractivity (Wildman–Crippen MR) is 209 cm³/mol. The van der Waals surface area contributed by atoms with Crippen LogP contribution >= 0.6 is 0 Å². The predicted octanol–water partition coefficient (Wildman–Crippen LogP) is 12.4. The van der Waals surface area contributed by atoms with Gasteiger partial charge in [-0.25, -0.2) is 15.0 Å². The van der Waals surface area contributed by atoms with E-state index < -0.39 is 0 Å². The van der Waals surface area contributed by atoms with Crippen molar-refractivity contribution in [1.82, 2.24) is 15.0 Å². The van der Waals surface area contributed by atoms with Gasteiger partial charge in [0.1, 0.15) is 11.2 Å². The van der Waals surface area contributed by atoms with Gasteiger partial charge in [-0.05, 0) is 62.5 Å². The Morgan fingerprint density at radius 1 is 0.333 bits per heavy atom. The van der Waals surface area contributed by atoms with Crippen molar-refractivity contribution in [1.29, 1.82) is 0 Å². The molecule has 4 nitrogen and oxygen atoms in total. The lowest BCUT2D eigenvalue weighted by Crippen LogP contribution is -2.00. The number of aromatic nitrogens is 3. The van der Waals surface area contributed by atoms with E-state index in [1.165, 1.54) is 5.39 Å². The molecule has 0 spiro atoms. The lowest BCUT2D eigenvalue weighted by atomic mass is 9.91. The van der Waals surface area contributed by atoms with Crippen LogP contribution in [0.5, 0.6) is 0 Å². The van der Waals surface area contributed by atoms with Crippen LogP contribution in [-0.2, 0) is 0 Å². The summed E-state index contributed by atoms with van der Waals surface area (Å²) in [5.41, 5.74) is 9.01. The van der Waals surface area contributed by atoms with Crippen molar-refractivity contribution in [2.45, 2.75) is 0 Å². The molecule has 10 rings (SSSR count). The zero-order valence-electron chi connectivity index (χ0n) is 27.5. The highest BCUT2D eigenvalue weighted by molar-refractivity contribution is 6.20. The van der Waals surface area contributed by atoms with Gasteiger partial charge in [-0.15, -0.1) is 0 Å². The minimum atomic E-state index is 0.630. The Morgan fingerprint density at radius 2 is 0.804 bits per heavy atom. The highest BCUT2D eigenvalue weighted by Gasteiger charge is 2.21. The molecule has 51 heavy (non-hydrogen) atoms. The van der Waals surface area contributed by atoms with Crippen LogP contribution in [0.2, 0.25) is 0 Å². The number of furan rings is 1. The maximum atomic E-state index is 6.87. The van der Waals surface area contributed by atoms with Crippen LogP contribution in [0.25, 0.3) is 99.9 Å². The summed E-state index contributed by atoms with van der Waals surface area (Å²) >= 11 is 0. The molecule has 0 aliphatic heterocycles. The number of rotatable bonds is 5. The molecule has 238 valence electrons. The van der Waals surface area contributed by atoms with Crippen molar-refractivity contribution in [3.63, 3.8) is 0 Å². The van der Waals surface area contributed by atoms with Crippen molar-refractivity contribution in [3.8, 4) is 56.4 Å². The lowest BCUT2D eigenvalue weighted by molar-refractivity contribution is 0.670. The second-order valence-electron chi connectivity index (χ2n) is 12.8. The molecule has 8 aromatic carbocycles. The van der Waals surface area contributed by atoms with Gasteiger partial charge in [-0.1, -0.05) is 152 Å². The Bertz CT molecular complexity index is 2840. The third kappa shape index (κ3) is 4.96. The summed E-state index contributed by atoms with van der Waals surface area (Å²) in [6, 6.07) is 61.0. The number of nitrogens with zero attached hydrogens (tertiary/aromatic N) is 3. The topological polar surface area (TPSA) is 51.8 Å². The van der Waals surface area contributed by atoms with Crippen LogP contribution in [0.3, 0.4) is 0 Å². The highest BCUT2D eigenvalue weighted by atomic mass is 16.3. The summed E-state index contributed by atoms with van der Waals surface area (Å²) in [5, 5.41) is 6.72. The fourth-order valence-corrected chi connectivity index (χ4v) is 7.29. The van der Waals surface area contributed by atoms with E-state index in [1.807, 2.05) is 60.7 Å². The Labute approximate surface area is 294 Å². The van der Waals surface area contributed by atoms with Gasteiger partial charge in [0, 0.05) is 33.0 Å². The standard InChI is InChI=1S/C47H29N3O/c1-4-14-30(15-5-1)35-24-26-39(44-43(35)41-28-33-20-10-11-21-34(33)29-42(41)51-44)38-25-27-40(37-23-13-12-22-36(37)38)47-49-45(31-16-6-2-7-17-31)48-46(50-47)32-18-8-3-9-19-32/h1-29H. The van der Waals surface area contributed by atoms with E-state index in [1.54, 1.807) is 0 Å². The molecule has 0 radical (unpaired) electrons. The van der Waals surface area contributed by atoms with Crippen molar-refractivity contribution in [2.24, 2.45) is 0 Å². The van der Waals surface area contributed by atoms with E-state index in [0.29, 0.717) is 17.5 Å². The molecule has 0 atom stereocenters. The number of benzene rings is 8. The van der Waals surface area contributed by atoms with E-state index in [0.717, 1.165) is 77.0 Å². The zero-order valence-corrected chi connectivity index (χ0v) is 27.5. The fourth-order valence-electron chi connectivity index (χ4n) is 7.29. The molecule has 2 aromatic heterocycles. The maximum Gasteiger partial charge on any atom is 0.164 e. The van der Waals surface area contributed by atoms with Crippen LogP contribution in [0.15, 0.2) is 180 Å². The Balaban J connectivity index is 1.22. The molecule has 0 unspecified atom stereocenters. The van der Waals surface area contributed by atoms with Gasteiger partial charge in [-0.2, -0.15) is 0 Å². The Hall–Kier alpha value is -6.91. The SMILES string of the molecule is c1ccc(-c2nc(-c3ccccc3)nc(-c3ccc(-c4ccc(-c5ccccc5)c5c4oc4cc6ccccc6cc45)c4ccccc34)n2)cc1. The van der Waals surface area contributed by atoms with Crippen molar-refractivity contribution in [3.05, 3.63) is 176 Å². The molecule has 0 aliphatic rings. The number of fused-ring (bicyclic) bond motifs is 5. The first-order valence-corrected chi connectivity index (χ1v) is 17.1. The molecule has 0 fully saturated rings. The second kappa shape index (κ2) is 11.9. The Kier molecular flexibility index (Phi) is 6.78. The molecular weight excluding hydrogens is 623 g/mol. The largest absolute Gasteiger partial charge is 0.455 e. The van der Waals surface area contributed by atoms with E-state index in [2.05, 4.69) is 115 Å². The van der Waals surface area contributed by atoms with E-state index >= 15 is 0 Å². The first kappa shape index (κ1) is 29.0. The summed E-state index contributed by atoms with van der Waals surface area (Å²) in [6.45, 7) is 0. The van der Waals surface area contributed by atoms with Gasteiger partial charge in [0.15, 0.2) is 17.5 Å². The average molecular weight is 652 g/mol. The van der Waals surface area contributed by atoms with Crippen molar-refractivity contribution < 1.29 is 4.42 Å². The van der Waals surface area contributed by atoms with Crippen molar-refractivity contribution in [2.75, 3.05) is 0 Å². The quantitative estimate of drug-likeness (QED) is 0.186. The van der Waals surface area contributed by atoms with Gasteiger partial charge in [0.05, 0.1) is 0 Å². The maximum absolute atomic E-state index is 6.87. The molecule has 4 heteroatoms. The van der Waals surface area contributed by atoms with E-state index in [-0.39, 0.29) is 0 Å². The van der Waals surface area contributed by atoms with Gasteiger partial charge in [0.2, 0.25) is 0 Å². The van der Waals surface area contributed by atoms with Crippen LogP contribution in [0.4, 0.5) is 0 Å². The summed E-state index contributed by atoms with van der Waals surface area (Å²) in [4.78, 5) is 15.0. The summed E-state index contributed by atoms with van der Waals surface area (Å²) < 4.78 is 6.87. The smallest absolute Gasteiger partial charge is 0.164 e. The minimum Gasteiger partial charge on any atom is -0.455 e. The zero-order chi connectivity index (χ0) is 33.7. The normalized spacial score (nSPS) is 11.5. The van der Waals surface area contributed by atoms with Gasteiger partial charge < -0.3 is 4.42 Å². The first-order chi connectivity index (χ1) is 25.3. The molecule has 10 aromatic rings. The van der Waals surface area contributed by atoms with Gasteiger partial charge in [0.25, 0.3) is 0 Å². The van der Waals surface area contributed by atoms with E-state index in [9.17, 15) is 0 Å². The van der Waals surface area contributed by atoms with Gasteiger partial charge in [-0.3, -0.25) is 0 Å². The number of hydrogen-bond donors (Lipinski definition) is 0. The van der Waals surface area contributed by atoms with Crippen LogP contribution < -0.4 is 0 Å². The molecule has 0 N–H and O–H groups in total. The van der Waals surface area contributed by atoms with Crippen molar-refractivity contribution >= 4 is 43.5 Å². The third-order valence-corrected chi connectivity index (χ3v) is 9.73. The number of hydrogen-bond acceptors (Lipinski definition) is 4. The average Bonchev–Trinajstić information content (AvgIpc) is 3.58. The first-order valence-electron chi connectivity index (χ1n) is 17.1. The third-order valence-electron chi connectivity index (χ3n) is 9.73. The molecule has 0 saturated heterocycles. The summed E-state index contributed by atoms with van der Waals surface area (Å²) in [6.07, 6.45) is 0. The van der Waals surface area contributed by atoms with Crippen LogP contribution in [-0.4, -0.2) is 15.0 Å². The Morgan fingerprint density at radius 3 is 1.45 bits per heavy atom. The van der Waals surface area contributed by atoms with Gasteiger partial charge >= 0.3 is 0 Å². The molecule has 0 saturated carbocycles. The molecule has 0 amide bonds. The summed E-state index contributed by atoms with van der Waals surface area (Å²) in [7, 11) is 0. The molecule has 0 bridgehead atoms. The summed E-state index contributed by atoms with van der Waals surface area (Å²) in [5.74, 6) is 1.91.